The number of pyridine rings is 1. The SMILES string of the molecule is CN=C(NCCN1CCC(C)CC1)NC1CCN(c2ncccc2F)C1.I. The van der Waals surface area contributed by atoms with Gasteiger partial charge in [0.2, 0.25) is 0 Å². The third-order valence-electron chi connectivity index (χ3n) is 5.39. The van der Waals surface area contributed by atoms with Gasteiger partial charge in [-0.05, 0) is 50.4 Å². The molecular weight excluding hydrogens is 458 g/mol. The van der Waals surface area contributed by atoms with E-state index in [-0.39, 0.29) is 35.8 Å². The number of guanidine groups is 1. The zero-order valence-corrected chi connectivity index (χ0v) is 18.7. The highest BCUT2D eigenvalue weighted by atomic mass is 127. The van der Waals surface area contributed by atoms with Crippen LogP contribution in [0.15, 0.2) is 23.3 Å². The van der Waals surface area contributed by atoms with Crippen LogP contribution in [0.4, 0.5) is 10.2 Å². The van der Waals surface area contributed by atoms with E-state index in [9.17, 15) is 4.39 Å². The van der Waals surface area contributed by atoms with Crippen LogP contribution in [0.25, 0.3) is 0 Å². The number of nitrogens with one attached hydrogen (secondary N) is 2. The molecule has 2 aliphatic heterocycles. The average Bonchev–Trinajstić information content (AvgIpc) is 3.11. The highest BCUT2D eigenvalue weighted by Gasteiger charge is 2.26. The van der Waals surface area contributed by atoms with Gasteiger partial charge in [-0.2, -0.15) is 0 Å². The summed E-state index contributed by atoms with van der Waals surface area (Å²) in [6.45, 7) is 8.20. The summed E-state index contributed by atoms with van der Waals surface area (Å²) in [6.07, 6.45) is 5.19. The predicted molar refractivity (Wildman–Crippen MR) is 120 cm³/mol. The van der Waals surface area contributed by atoms with Crippen molar-refractivity contribution >= 4 is 35.8 Å². The largest absolute Gasteiger partial charge is 0.355 e. The summed E-state index contributed by atoms with van der Waals surface area (Å²) >= 11 is 0. The first kappa shape index (κ1) is 22.1. The number of rotatable bonds is 5. The number of halogens is 2. The Labute approximate surface area is 179 Å². The molecule has 27 heavy (non-hydrogen) atoms. The molecule has 0 radical (unpaired) electrons. The minimum absolute atomic E-state index is 0. The highest BCUT2D eigenvalue weighted by molar-refractivity contribution is 14.0. The summed E-state index contributed by atoms with van der Waals surface area (Å²) in [4.78, 5) is 13.0. The molecule has 2 fully saturated rings. The van der Waals surface area contributed by atoms with Crippen LogP contribution in [0.3, 0.4) is 0 Å². The molecule has 0 bridgehead atoms. The van der Waals surface area contributed by atoms with Crippen molar-refractivity contribution in [2.45, 2.75) is 32.2 Å². The second kappa shape index (κ2) is 11.0. The van der Waals surface area contributed by atoms with E-state index < -0.39 is 0 Å². The number of aromatic nitrogens is 1. The Kier molecular flexibility index (Phi) is 9.01. The van der Waals surface area contributed by atoms with Gasteiger partial charge < -0.3 is 20.4 Å². The maximum atomic E-state index is 13.9. The summed E-state index contributed by atoms with van der Waals surface area (Å²) in [5, 5.41) is 6.87. The molecule has 0 aromatic carbocycles. The lowest BCUT2D eigenvalue weighted by Gasteiger charge is -2.30. The molecule has 1 unspecified atom stereocenters. The first-order chi connectivity index (χ1) is 12.7. The van der Waals surface area contributed by atoms with Gasteiger partial charge in [0.05, 0.1) is 0 Å². The third kappa shape index (κ3) is 6.44. The quantitative estimate of drug-likeness (QED) is 0.377. The van der Waals surface area contributed by atoms with Gasteiger partial charge in [-0.1, -0.05) is 6.92 Å². The summed E-state index contributed by atoms with van der Waals surface area (Å²) in [6, 6.07) is 3.34. The number of hydrogen-bond donors (Lipinski definition) is 2. The van der Waals surface area contributed by atoms with Crippen LogP contribution in [-0.2, 0) is 0 Å². The summed E-state index contributed by atoms with van der Waals surface area (Å²) in [5.41, 5.74) is 0. The molecule has 8 heteroatoms. The van der Waals surface area contributed by atoms with Crippen LogP contribution < -0.4 is 15.5 Å². The highest BCUT2D eigenvalue weighted by Crippen LogP contribution is 2.20. The lowest BCUT2D eigenvalue weighted by Crippen LogP contribution is -2.47. The first-order valence-corrected chi connectivity index (χ1v) is 9.70. The van der Waals surface area contributed by atoms with E-state index in [0.717, 1.165) is 44.5 Å². The molecule has 0 amide bonds. The maximum absolute atomic E-state index is 13.9. The Morgan fingerprint density at radius 1 is 1.30 bits per heavy atom. The van der Waals surface area contributed by atoms with Gasteiger partial charge in [0.15, 0.2) is 17.6 Å². The molecular formula is C19H32FIN6. The second-order valence-electron chi connectivity index (χ2n) is 7.41. The Balaban J connectivity index is 0.00000261. The van der Waals surface area contributed by atoms with E-state index in [1.807, 2.05) is 4.90 Å². The number of hydrogen-bond acceptors (Lipinski definition) is 4. The lowest BCUT2D eigenvalue weighted by atomic mass is 9.99. The van der Waals surface area contributed by atoms with E-state index in [0.29, 0.717) is 5.82 Å². The molecule has 1 atom stereocenters. The maximum Gasteiger partial charge on any atom is 0.191 e. The molecule has 6 nitrogen and oxygen atoms in total. The van der Waals surface area contributed by atoms with Crippen molar-refractivity contribution in [2.24, 2.45) is 10.9 Å². The third-order valence-corrected chi connectivity index (χ3v) is 5.39. The van der Waals surface area contributed by atoms with Gasteiger partial charge in [-0.25, -0.2) is 9.37 Å². The van der Waals surface area contributed by atoms with E-state index in [1.54, 1.807) is 19.3 Å². The topological polar surface area (TPSA) is 55.8 Å². The number of piperidine rings is 1. The average molecular weight is 490 g/mol. The van der Waals surface area contributed by atoms with Crippen LogP contribution in [-0.4, -0.2) is 68.2 Å². The molecule has 1 aromatic rings. The van der Waals surface area contributed by atoms with Crippen molar-refractivity contribution in [3.63, 3.8) is 0 Å². The molecule has 3 rings (SSSR count). The molecule has 2 N–H and O–H groups in total. The van der Waals surface area contributed by atoms with Crippen LogP contribution in [0.2, 0.25) is 0 Å². The fraction of sp³-hybridized carbons (Fsp3) is 0.684. The zero-order chi connectivity index (χ0) is 18.4. The van der Waals surface area contributed by atoms with Crippen molar-refractivity contribution in [3.8, 4) is 0 Å². The fourth-order valence-corrected chi connectivity index (χ4v) is 3.69. The van der Waals surface area contributed by atoms with Gasteiger partial charge in [0.1, 0.15) is 0 Å². The van der Waals surface area contributed by atoms with Gasteiger partial charge in [-0.15, -0.1) is 24.0 Å². The van der Waals surface area contributed by atoms with Crippen LogP contribution in [0.5, 0.6) is 0 Å². The predicted octanol–water partition coefficient (Wildman–Crippen LogP) is 2.31. The second-order valence-corrected chi connectivity index (χ2v) is 7.41. The fourth-order valence-electron chi connectivity index (χ4n) is 3.69. The molecule has 1 aromatic heterocycles. The Morgan fingerprint density at radius 3 is 2.78 bits per heavy atom. The van der Waals surface area contributed by atoms with Gasteiger partial charge >= 0.3 is 0 Å². The normalized spacial score (nSPS) is 21.8. The Hall–Kier alpha value is -1.16. The molecule has 0 aliphatic carbocycles. The monoisotopic (exact) mass is 490 g/mol. The molecule has 2 aliphatic rings. The first-order valence-electron chi connectivity index (χ1n) is 9.70. The number of likely N-dealkylation sites (tertiary alicyclic amines) is 1. The van der Waals surface area contributed by atoms with Crippen LogP contribution >= 0.6 is 24.0 Å². The van der Waals surface area contributed by atoms with Crippen molar-refractivity contribution in [1.82, 2.24) is 20.5 Å². The van der Waals surface area contributed by atoms with Crippen molar-refractivity contribution in [3.05, 3.63) is 24.1 Å². The number of anilines is 1. The van der Waals surface area contributed by atoms with Gasteiger partial charge in [0.25, 0.3) is 0 Å². The number of aliphatic imine (C=N–C) groups is 1. The van der Waals surface area contributed by atoms with E-state index in [4.69, 9.17) is 0 Å². The minimum Gasteiger partial charge on any atom is -0.355 e. The van der Waals surface area contributed by atoms with Gasteiger partial charge in [-0.3, -0.25) is 4.99 Å². The summed E-state index contributed by atoms with van der Waals surface area (Å²) in [7, 11) is 1.79. The minimum atomic E-state index is -0.258. The van der Waals surface area contributed by atoms with E-state index in [1.165, 1.54) is 32.0 Å². The van der Waals surface area contributed by atoms with Crippen molar-refractivity contribution < 1.29 is 4.39 Å². The summed E-state index contributed by atoms with van der Waals surface area (Å²) < 4.78 is 13.9. The number of nitrogens with zero attached hydrogens (tertiary/aromatic N) is 4. The molecule has 2 saturated heterocycles. The van der Waals surface area contributed by atoms with Crippen LogP contribution in [0, 0.1) is 11.7 Å². The van der Waals surface area contributed by atoms with Gasteiger partial charge in [0, 0.05) is 45.5 Å². The zero-order valence-electron chi connectivity index (χ0n) is 16.3. The van der Waals surface area contributed by atoms with Crippen molar-refractivity contribution in [1.29, 1.82) is 0 Å². The smallest absolute Gasteiger partial charge is 0.191 e. The summed E-state index contributed by atoms with van der Waals surface area (Å²) in [5.74, 6) is 1.87. The van der Waals surface area contributed by atoms with Crippen LogP contribution in [0.1, 0.15) is 26.2 Å². The Bertz CT molecular complexity index is 606. The van der Waals surface area contributed by atoms with Crippen molar-refractivity contribution in [2.75, 3.05) is 51.2 Å². The molecule has 0 saturated carbocycles. The molecule has 152 valence electrons. The molecule has 0 spiro atoms. The Morgan fingerprint density at radius 2 is 2.07 bits per heavy atom. The van der Waals surface area contributed by atoms with E-state index >= 15 is 0 Å². The standard InChI is InChI=1S/C19H31FN6.HI/c1-15-5-10-25(11-6-15)13-9-23-19(21-2)24-16-7-12-26(14-16)18-17(20)4-3-8-22-18;/h3-4,8,15-16H,5-7,9-14H2,1-2H3,(H2,21,23,24);1H. The molecule has 3 heterocycles. The van der Waals surface area contributed by atoms with E-state index in [2.05, 4.69) is 32.4 Å². The lowest BCUT2D eigenvalue weighted by molar-refractivity contribution is 0.195.